The molecule has 1 aliphatic rings. The van der Waals surface area contributed by atoms with Gasteiger partial charge in [-0.1, -0.05) is 42.0 Å². The molecular weight excluding hydrogens is 696 g/mol. The van der Waals surface area contributed by atoms with Crippen LogP contribution in [0, 0.1) is 30.6 Å². The SMILES string of the molecule is Cc1ccc(-c2ccc(C(=O)Cl)cc2)cc1.O=C(Cl)/C=C\C(=O)Cl.O=C(Cl)C1CCC(C(=O)Cl)C(C(=O)Cl)C1C(=O)Cl. The molecule has 4 unspecified atom stereocenters. The van der Waals surface area contributed by atoms with Crippen molar-refractivity contribution >= 4 is 118 Å². The minimum atomic E-state index is -1.21. The van der Waals surface area contributed by atoms with Crippen molar-refractivity contribution in [3.63, 3.8) is 0 Å². The third-order valence-corrected chi connectivity index (χ3v) is 7.53. The molecule has 14 heteroatoms. The first kappa shape index (κ1) is 37.9. The topological polar surface area (TPSA) is 119 Å². The smallest absolute Gasteiger partial charge is 0.252 e. The second-order valence-corrected chi connectivity index (χ2v) is 11.3. The number of hydrogen-bond acceptors (Lipinski definition) is 7. The van der Waals surface area contributed by atoms with Gasteiger partial charge in [0.1, 0.15) is 0 Å². The number of halogens is 7. The van der Waals surface area contributed by atoms with Gasteiger partial charge in [0, 0.05) is 29.6 Å². The van der Waals surface area contributed by atoms with Crippen LogP contribution in [0.3, 0.4) is 0 Å². The standard InChI is InChI=1S/C14H11ClO.C10H8Cl4O4.C4H2Cl2O2/c1-10-2-4-11(5-3-10)12-6-8-13(9-7-12)14(15)16;11-7(15)3-1-2-4(8(12)16)6(10(14)18)5(3)9(13)17;5-3(7)1-2-4(6)8/h2-9H,1H3;3-6H,1-2H2;1-2H/b;;2-1-. The van der Waals surface area contributed by atoms with Crippen molar-refractivity contribution in [2.45, 2.75) is 19.8 Å². The zero-order chi connectivity index (χ0) is 32.1. The van der Waals surface area contributed by atoms with Crippen LogP contribution >= 0.6 is 81.2 Å². The summed E-state index contributed by atoms with van der Waals surface area (Å²) in [4.78, 5) is 75.8. The predicted octanol–water partition coefficient (Wildman–Crippen LogP) is 7.42. The lowest BCUT2D eigenvalue weighted by atomic mass is 9.68. The average molecular weight is 718 g/mol. The van der Waals surface area contributed by atoms with E-state index < -0.39 is 60.4 Å². The van der Waals surface area contributed by atoms with Gasteiger partial charge < -0.3 is 0 Å². The maximum atomic E-state index is 11.4. The lowest BCUT2D eigenvalue weighted by molar-refractivity contribution is -0.138. The van der Waals surface area contributed by atoms with Gasteiger partial charge in [-0.15, -0.1) is 0 Å². The summed E-state index contributed by atoms with van der Waals surface area (Å²) in [6.45, 7) is 2.05. The summed E-state index contributed by atoms with van der Waals surface area (Å²) in [6.07, 6.45) is 2.10. The molecule has 0 aliphatic heterocycles. The molecule has 2 aromatic carbocycles. The van der Waals surface area contributed by atoms with Gasteiger partial charge in [0.2, 0.25) is 31.5 Å². The molecule has 7 nitrogen and oxygen atoms in total. The number of benzene rings is 2. The van der Waals surface area contributed by atoms with Crippen molar-refractivity contribution in [1.82, 2.24) is 0 Å². The van der Waals surface area contributed by atoms with Gasteiger partial charge in [0.15, 0.2) is 0 Å². The quantitative estimate of drug-likeness (QED) is 0.206. The summed E-state index contributed by atoms with van der Waals surface area (Å²) in [5, 5.41) is -5.24. The molecule has 0 amide bonds. The molecular formula is C28H21Cl7O7. The van der Waals surface area contributed by atoms with Crippen LogP contribution in [0.15, 0.2) is 60.7 Å². The molecule has 0 N–H and O–H groups in total. The molecule has 42 heavy (non-hydrogen) atoms. The van der Waals surface area contributed by atoms with Gasteiger partial charge >= 0.3 is 0 Å². The second-order valence-electron chi connectivity index (χ2n) is 8.72. The Morgan fingerprint density at radius 1 is 0.548 bits per heavy atom. The van der Waals surface area contributed by atoms with E-state index in [0.29, 0.717) is 5.56 Å². The third kappa shape index (κ3) is 12.6. The molecule has 4 atom stereocenters. The summed E-state index contributed by atoms with van der Waals surface area (Å²) in [5.41, 5.74) is 3.98. The lowest BCUT2D eigenvalue weighted by Gasteiger charge is -2.36. The first-order valence-corrected chi connectivity index (χ1v) is 14.4. The highest BCUT2D eigenvalue weighted by atomic mass is 35.5. The highest BCUT2D eigenvalue weighted by molar-refractivity contribution is 6.70. The average Bonchev–Trinajstić information content (AvgIpc) is 2.92. The van der Waals surface area contributed by atoms with Crippen LogP contribution in [0.25, 0.3) is 11.1 Å². The van der Waals surface area contributed by atoms with Gasteiger partial charge in [0.25, 0.3) is 5.24 Å². The number of rotatable bonds is 8. The normalized spacial score (nSPS) is 19.3. The molecule has 0 aromatic heterocycles. The first-order valence-electron chi connectivity index (χ1n) is 11.8. The predicted molar refractivity (Wildman–Crippen MR) is 164 cm³/mol. The van der Waals surface area contributed by atoms with E-state index in [9.17, 15) is 33.6 Å². The largest absolute Gasteiger partial charge is 0.281 e. The van der Waals surface area contributed by atoms with E-state index in [-0.39, 0.29) is 12.8 Å². The van der Waals surface area contributed by atoms with Gasteiger partial charge in [0.05, 0.1) is 11.8 Å². The van der Waals surface area contributed by atoms with Gasteiger partial charge in [-0.2, -0.15) is 0 Å². The summed E-state index contributed by atoms with van der Waals surface area (Å²) in [7, 11) is 0. The Morgan fingerprint density at radius 3 is 1.14 bits per heavy atom. The van der Waals surface area contributed by atoms with E-state index in [1.807, 2.05) is 12.1 Å². The molecule has 3 rings (SSSR count). The van der Waals surface area contributed by atoms with Crippen molar-refractivity contribution in [2.24, 2.45) is 23.7 Å². The van der Waals surface area contributed by atoms with Gasteiger partial charge in [-0.3, -0.25) is 33.6 Å². The Balaban J connectivity index is 0.000000338. The van der Waals surface area contributed by atoms with Crippen LogP contribution in [0.1, 0.15) is 28.8 Å². The van der Waals surface area contributed by atoms with E-state index in [1.54, 1.807) is 12.1 Å². The first-order chi connectivity index (χ1) is 19.6. The summed E-state index contributed by atoms with van der Waals surface area (Å²) >= 11 is 36.5. The highest BCUT2D eigenvalue weighted by Gasteiger charge is 2.50. The van der Waals surface area contributed by atoms with Crippen molar-refractivity contribution in [3.8, 4) is 11.1 Å². The number of aryl methyl sites for hydroxylation is 1. The Hall–Kier alpha value is -2.10. The van der Waals surface area contributed by atoms with E-state index in [1.165, 1.54) is 5.56 Å². The summed E-state index contributed by atoms with van der Waals surface area (Å²) < 4.78 is 0. The van der Waals surface area contributed by atoms with Crippen molar-refractivity contribution in [3.05, 3.63) is 71.8 Å². The monoisotopic (exact) mass is 714 g/mol. The van der Waals surface area contributed by atoms with Gasteiger partial charge in [-0.25, -0.2) is 0 Å². The summed E-state index contributed by atoms with van der Waals surface area (Å²) in [6, 6.07) is 15.5. The van der Waals surface area contributed by atoms with E-state index in [4.69, 9.17) is 81.2 Å². The molecule has 1 aliphatic carbocycles. The van der Waals surface area contributed by atoms with Crippen molar-refractivity contribution in [2.75, 3.05) is 0 Å². The molecule has 1 fully saturated rings. The number of allylic oxidation sites excluding steroid dienone is 2. The Labute approximate surface area is 276 Å². The molecule has 0 spiro atoms. The van der Waals surface area contributed by atoms with E-state index in [0.717, 1.165) is 23.3 Å². The van der Waals surface area contributed by atoms with E-state index >= 15 is 0 Å². The molecule has 0 saturated heterocycles. The minimum absolute atomic E-state index is 0.162. The lowest BCUT2D eigenvalue weighted by Crippen LogP contribution is -2.44. The van der Waals surface area contributed by atoms with E-state index in [2.05, 4.69) is 31.2 Å². The van der Waals surface area contributed by atoms with Crippen LogP contribution in [0.5, 0.6) is 0 Å². The third-order valence-electron chi connectivity index (χ3n) is 5.99. The van der Waals surface area contributed by atoms with Gasteiger partial charge in [-0.05, 0) is 124 Å². The fraction of sp³-hybridized carbons (Fsp3) is 0.250. The zero-order valence-electron chi connectivity index (χ0n) is 21.5. The molecule has 0 bridgehead atoms. The number of carbonyl (C=O) groups is 7. The molecule has 0 radical (unpaired) electrons. The zero-order valence-corrected chi connectivity index (χ0v) is 26.8. The summed E-state index contributed by atoms with van der Waals surface area (Å²) in [5.74, 6) is -4.25. The Bertz CT molecular complexity index is 1300. The maximum Gasteiger partial charge on any atom is 0.252 e. The fourth-order valence-corrected chi connectivity index (χ4v) is 5.31. The maximum absolute atomic E-state index is 11.4. The number of hydrogen-bond donors (Lipinski definition) is 0. The molecule has 224 valence electrons. The van der Waals surface area contributed by atoms with Crippen molar-refractivity contribution in [1.29, 1.82) is 0 Å². The number of carbonyl (C=O) groups excluding carboxylic acids is 7. The highest BCUT2D eigenvalue weighted by Crippen LogP contribution is 2.43. The van der Waals surface area contributed by atoms with Crippen LogP contribution in [-0.4, -0.2) is 36.7 Å². The van der Waals surface area contributed by atoms with Crippen LogP contribution in [0.4, 0.5) is 0 Å². The van der Waals surface area contributed by atoms with Crippen molar-refractivity contribution < 1.29 is 33.6 Å². The second kappa shape index (κ2) is 18.5. The fourth-order valence-electron chi connectivity index (χ4n) is 4.00. The van der Waals surface area contributed by atoms with Crippen LogP contribution in [0.2, 0.25) is 0 Å². The van der Waals surface area contributed by atoms with Crippen LogP contribution < -0.4 is 0 Å². The minimum Gasteiger partial charge on any atom is -0.281 e. The Kier molecular flexibility index (Phi) is 16.7. The molecule has 1 saturated carbocycles. The molecule has 0 heterocycles. The molecule has 2 aromatic rings. The Morgan fingerprint density at radius 2 is 0.881 bits per heavy atom. The van der Waals surface area contributed by atoms with Crippen LogP contribution in [-0.2, 0) is 28.8 Å².